The summed E-state index contributed by atoms with van der Waals surface area (Å²) in [5, 5.41) is 24.3. The van der Waals surface area contributed by atoms with Crippen LogP contribution in [-0.4, -0.2) is 23.4 Å². The molecule has 7 nitrogen and oxygen atoms in total. The third kappa shape index (κ3) is 3.69. The monoisotopic (exact) mass is 287 g/mol. The van der Waals surface area contributed by atoms with E-state index in [0.717, 1.165) is 0 Å². The summed E-state index contributed by atoms with van der Waals surface area (Å²) < 4.78 is 5.05. The highest BCUT2D eigenvalue weighted by Gasteiger charge is 2.05. The Hall–Kier alpha value is -3.09. The summed E-state index contributed by atoms with van der Waals surface area (Å²) in [6, 6.07) is 10.7. The van der Waals surface area contributed by atoms with E-state index in [1.165, 1.54) is 31.5 Å². The Labute approximate surface area is 120 Å². The van der Waals surface area contributed by atoms with Crippen molar-refractivity contribution in [2.75, 3.05) is 12.5 Å². The van der Waals surface area contributed by atoms with Gasteiger partial charge in [-0.2, -0.15) is 5.10 Å². The van der Waals surface area contributed by atoms with Crippen molar-refractivity contribution in [2.45, 2.75) is 0 Å². The summed E-state index contributed by atoms with van der Waals surface area (Å²) >= 11 is 0. The number of phenolic OH excluding ortho intramolecular Hbond substituents is 1. The second-order valence-corrected chi connectivity index (χ2v) is 4.10. The normalized spacial score (nSPS) is 10.5. The van der Waals surface area contributed by atoms with Gasteiger partial charge in [-0.3, -0.25) is 15.5 Å². The van der Waals surface area contributed by atoms with E-state index >= 15 is 0 Å². The lowest BCUT2D eigenvalue weighted by Crippen LogP contribution is -1.93. The molecule has 0 atom stereocenters. The SMILES string of the molecule is COc1ccc(O)c(/C=N/Nc2cccc([N+](=O)[O-])c2)c1. The average molecular weight is 287 g/mol. The molecule has 2 aromatic carbocycles. The molecular formula is C14H13N3O4. The summed E-state index contributed by atoms with van der Waals surface area (Å²) in [6.07, 6.45) is 1.40. The molecule has 0 bridgehead atoms. The summed E-state index contributed by atoms with van der Waals surface area (Å²) in [4.78, 5) is 10.2. The van der Waals surface area contributed by atoms with E-state index in [9.17, 15) is 15.2 Å². The first kappa shape index (κ1) is 14.3. The van der Waals surface area contributed by atoms with Crippen LogP contribution < -0.4 is 10.2 Å². The van der Waals surface area contributed by atoms with Gasteiger partial charge < -0.3 is 9.84 Å². The second-order valence-electron chi connectivity index (χ2n) is 4.10. The highest BCUT2D eigenvalue weighted by Crippen LogP contribution is 2.21. The smallest absolute Gasteiger partial charge is 0.271 e. The number of aromatic hydroxyl groups is 1. The Kier molecular flexibility index (Phi) is 4.35. The van der Waals surface area contributed by atoms with E-state index in [4.69, 9.17) is 4.74 Å². The molecule has 0 amide bonds. The van der Waals surface area contributed by atoms with Gasteiger partial charge in [0.25, 0.3) is 5.69 Å². The highest BCUT2D eigenvalue weighted by atomic mass is 16.6. The molecule has 0 heterocycles. The molecule has 108 valence electrons. The van der Waals surface area contributed by atoms with Crippen LogP contribution in [0.1, 0.15) is 5.56 Å². The van der Waals surface area contributed by atoms with Gasteiger partial charge in [0.05, 0.1) is 23.9 Å². The topological polar surface area (TPSA) is 97.0 Å². The molecule has 0 saturated carbocycles. The zero-order valence-corrected chi connectivity index (χ0v) is 11.2. The Morgan fingerprint density at radius 2 is 2.14 bits per heavy atom. The fraction of sp³-hybridized carbons (Fsp3) is 0.0714. The van der Waals surface area contributed by atoms with E-state index in [0.29, 0.717) is 17.0 Å². The molecule has 0 aliphatic heterocycles. The molecule has 2 rings (SSSR count). The third-order valence-corrected chi connectivity index (χ3v) is 2.69. The average Bonchev–Trinajstić information content (AvgIpc) is 2.49. The van der Waals surface area contributed by atoms with Gasteiger partial charge in [-0.1, -0.05) is 6.07 Å². The third-order valence-electron chi connectivity index (χ3n) is 2.69. The van der Waals surface area contributed by atoms with Gasteiger partial charge in [-0.25, -0.2) is 0 Å². The minimum atomic E-state index is -0.483. The Morgan fingerprint density at radius 1 is 1.33 bits per heavy atom. The zero-order valence-electron chi connectivity index (χ0n) is 11.2. The number of benzene rings is 2. The number of hydrogen-bond donors (Lipinski definition) is 2. The maximum atomic E-state index is 10.7. The first-order valence-electron chi connectivity index (χ1n) is 6.00. The number of methoxy groups -OCH3 is 1. The molecule has 0 saturated heterocycles. The standard InChI is InChI=1S/C14H13N3O4/c1-21-13-5-6-14(18)10(7-13)9-15-16-11-3-2-4-12(8-11)17(19)20/h2-9,16,18H,1H3/b15-9+. The van der Waals surface area contributed by atoms with Crippen molar-refractivity contribution in [3.05, 3.63) is 58.1 Å². The van der Waals surface area contributed by atoms with Crippen molar-refractivity contribution < 1.29 is 14.8 Å². The number of nitro benzene ring substituents is 1. The second kappa shape index (κ2) is 6.38. The summed E-state index contributed by atoms with van der Waals surface area (Å²) in [5.41, 5.74) is 3.58. The van der Waals surface area contributed by atoms with Crippen LogP contribution in [0, 0.1) is 10.1 Å². The number of rotatable bonds is 5. The Bertz CT molecular complexity index is 686. The van der Waals surface area contributed by atoms with E-state index in [-0.39, 0.29) is 11.4 Å². The van der Waals surface area contributed by atoms with Crippen molar-refractivity contribution in [3.8, 4) is 11.5 Å². The lowest BCUT2D eigenvalue weighted by atomic mass is 10.2. The number of nitrogens with one attached hydrogen (secondary N) is 1. The van der Waals surface area contributed by atoms with E-state index in [1.54, 1.807) is 24.3 Å². The van der Waals surface area contributed by atoms with E-state index < -0.39 is 4.92 Å². The summed E-state index contributed by atoms with van der Waals surface area (Å²) in [5.74, 6) is 0.644. The van der Waals surface area contributed by atoms with Gasteiger partial charge in [-0.05, 0) is 24.3 Å². The Balaban J connectivity index is 2.12. The number of non-ortho nitro benzene ring substituents is 1. The molecule has 0 spiro atoms. The molecule has 0 fully saturated rings. The molecule has 2 aromatic rings. The molecule has 21 heavy (non-hydrogen) atoms. The quantitative estimate of drug-likeness (QED) is 0.500. The van der Waals surface area contributed by atoms with Crippen molar-refractivity contribution in [1.29, 1.82) is 0 Å². The van der Waals surface area contributed by atoms with E-state index in [2.05, 4.69) is 10.5 Å². The number of hydrazone groups is 1. The van der Waals surface area contributed by atoms with Crippen LogP contribution in [0.15, 0.2) is 47.6 Å². The minimum Gasteiger partial charge on any atom is -0.507 e. The fourth-order valence-electron chi connectivity index (χ4n) is 1.63. The first-order chi connectivity index (χ1) is 10.1. The number of hydrogen-bond acceptors (Lipinski definition) is 6. The van der Waals surface area contributed by atoms with Crippen LogP contribution in [0.4, 0.5) is 11.4 Å². The number of anilines is 1. The zero-order chi connectivity index (χ0) is 15.2. The molecule has 0 radical (unpaired) electrons. The molecule has 0 aliphatic rings. The molecule has 0 aliphatic carbocycles. The minimum absolute atomic E-state index is 0.0283. The van der Waals surface area contributed by atoms with Crippen molar-refractivity contribution in [1.82, 2.24) is 0 Å². The Morgan fingerprint density at radius 3 is 2.86 bits per heavy atom. The summed E-state index contributed by atoms with van der Waals surface area (Å²) in [7, 11) is 1.52. The predicted molar refractivity (Wildman–Crippen MR) is 79.0 cm³/mol. The molecule has 0 aromatic heterocycles. The number of nitro groups is 1. The van der Waals surface area contributed by atoms with Gasteiger partial charge >= 0.3 is 0 Å². The largest absolute Gasteiger partial charge is 0.507 e. The molecule has 0 unspecified atom stereocenters. The molecular weight excluding hydrogens is 274 g/mol. The first-order valence-corrected chi connectivity index (χ1v) is 6.00. The van der Waals surface area contributed by atoms with Gasteiger partial charge in [0, 0.05) is 17.7 Å². The maximum absolute atomic E-state index is 10.7. The van der Waals surface area contributed by atoms with Gasteiger partial charge in [0.15, 0.2) is 0 Å². The highest BCUT2D eigenvalue weighted by molar-refractivity contribution is 5.84. The lowest BCUT2D eigenvalue weighted by Gasteiger charge is -2.03. The van der Waals surface area contributed by atoms with Crippen LogP contribution in [0.25, 0.3) is 0 Å². The van der Waals surface area contributed by atoms with Crippen LogP contribution >= 0.6 is 0 Å². The van der Waals surface area contributed by atoms with Crippen LogP contribution in [-0.2, 0) is 0 Å². The van der Waals surface area contributed by atoms with Gasteiger partial charge in [0.1, 0.15) is 11.5 Å². The van der Waals surface area contributed by atoms with Crippen molar-refractivity contribution in [3.63, 3.8) is 0 Å². The van der Waals surface area contributed by atoms with Crippen molar-refractivity contribution >= 4 is 17.6 Å². The lowest BCUT2D eigenvalue weighted by molar-refractivity contribution is -0.384. The number of nitrogens with zero attached hydrogens (tertiary/aromatic N) is 2. The molecule has 2 N–H and O–H groups in total. The van der Waals surface area contributed by atoms with Crippen LogP contribution in [0.5, 0.6) is 11.5 Å². The van der Waals surface area contributed by atoms with Crippen LogP contribution in [0.2, 0.25) is 0 Å². The fourth-order valence-corrected chi connectivity index (χ4v) is 1.63. The predicted octanol–water partition coefficient (Wildman–Crippen LogP) is 2.76. The van der Waals surface area contributed by atoms with E-state index in [1.807, 2.05) is 0 Å². The van der Waals surface area contributed by atoms with Gasteiger partial charge in [0.2, 0.25) is 0 Å². The van der Waals surface area contributed by atoms with Crippen molar-refractivity contribution in [2.24, 2.45) is 5.10 Å². The summed E-state index contributed by atoms with van der Waals surface area (Å²) in [6.45, 7) is 0. The maximum Gasteiger partial charge on any atom is 0.271 e. The molecule has 7 heteroatoms. The van der Waals surface area contributed by atoms with Gasteiger partial charge in [-0.15, -0.1) is 0 Å². The van der Waals surface area contributed by atoms with Crippen LogP contribution in [0.3, 0.4) is 0 Å². The number of ether oxygens (including phenoxy) is 1. The number of phenols is 1.